The van der Waals surface area contributed by atoms with Crippen LogP contribution in [0.5, 0.6) is 0 Å². The van der Waals surface area contributed by atoms with Gasteiger partial charge in [-0.2, -0.15) is 4.31 Å². The molecule has 0 aliphatic heterocycles. The average Bonchev–Trinajstić information content (AvgIpc) is 2.75. The summed E-state index contributed by atoms with van der Waals surface area (Å²) in [6.07, 6.45) is 5.86. The van der Waals surface area contributed by atoms with E-state index in [2.05, 4.69) is 5.32 Å². The quantitative estimate of drug-likeness (QED) is 0.511. The summed E-state index contributed by atoms with van der Waals surface area (Å²) in [7, 11) is -2.04. The Bertz CT molecular complexity index is 1120. The summed E-state index contributed by atoms with van der Waals surface area (Å²) in [5, 5.41) is 13.4. The normalized spacial score (nSPS) is 15.0. The maximum absolute atomic E-state index is 12.9. The fourth-order valence-corrected chi connectivity index (χ4v) is 5.04. The molecule has 1 saturated carbocycles. The lowest BCUT2D eigenvalue weighted by Crippen LogP contribution is -2.38. The molecule has 0 atom stereocenters. The number of carbonyl (C=O) groups excluding carboxylic acids is 1. The second-order valence-corrected chi connectivity index (χ2v) is 9.49. The van der Waals surface area contributed by atoms with Gasteiger partial charge in [-0.3, -0.25) is 24.3 Å². The van der Waals surface area contributed by atoms with Crippen molar-refractivity contribution in [2.75, 3.05) is 12.4 Å². The number of aromatic nitrogens is 1. The monoisotopic (exact) mass is 448 g/mol. The van der Waals surface area contributed by atoms with Gasteiger partial charge in [0, 0.05) is 30.9 Å². The molecule has 0 unspecified atom stereocenters. The van der Waals surface area contributed by atoms with Gasteiger partial charge < -0.3 is 5.32 Å². The molecular formula is C20H24N4O6S. The summed E-state index contributed by atoms with van der Waals surface area (Å²) in [5.41, 5.74) is -0.500. The van der Waals surface area contributed by atoms with Crippen LogP contribution in [0.3, 0.4) is 0 Å². The van der Waals surface area contributed by atoms with Crippen LogP contribution in [0.1, 0.15) is 32.1 Å². The van der Waals surface area contributed by atoms with E-state index in [4.69, 9.17) is 0 Å². The summed E-state index contributed by atoms with van der Waals surface area (Å²) < 4.78 is 28.1. The molecule has 3 rings (SSSR count). The highest BCUT2D eigenvalue weighted by atomic mass is 32.2. The zero-order valence-electron chi connectivity index (χ0n) is 17.1. The number of hydrogen-bond donors (Lipinski definition) is 1. The minimum absolute atomic E-state index is 0.00799. The van der Waals surface area contributed by atoms with Crippen LogP contribution in [-0.4, -0.2) is 41.2 Å². The number of pyridine rings is 1. The maximum Gasteiger partial charge on any atom is 0.285 e. The topological polar surface area (TPSA) is 132 Å². The van der Waals surface area contributed by atoms with E-state index < -0.39 is 33.0 Å². The van der Waals surface area contributed by atoms with E-state index in [-0.39, 0.29) is 16.6 Å². The highest BCUT2D eigenvalue weighted by molar-refractivity contribution is 7.89. The molecule has 31 heavy (non-hydrogen) atoms. The fraction of sp³-hybridized carbons (Fsp3) is 0.400. The number of benzene rings is 1. The fourth-order valence-electron chi connectivity index (χ4n) is 3.62. The van der Waals surface area contributed by atoms with Gasteiger partial charge in [0.25, 0.3) is 11.2 Å². The molecule has 10 nitrogen and oxygen atoms in total. The van der Waals surface area contributed by atoms with Crippen molar-refractivity contribution in [3.8, 4) is 0 Å². The largest absolute Gasteiger partial charge is 0.325 e. The molecule has 1 heterocycles. The van der Waals surface area contributed by atoms with Gasteiger partial charge in [0.2, 0.25) is 15.9 Å². The van der Waals surface area contributed by atoms with Crippen molar-refractivity contribution in [3.05, 3.63) is 63.1 Å². The Morgan fingerprint density at radius 1 is 1.16 bits per heavy atom. The molecule has 1 aromatic carbocycles. The first kappa shape index (κ1) is 22.6. The highest BCUT2D eigenvalue weighted by Crippen LogP contribution is 2.27. The number of nitro groups is 1. The van der Waals surface area contributed by atoms with Gasteiger partial charge >= 0.3 is 0 Å². The van der Waals surface area contributed by atoms with Gasteiger partial charge in [0.05, 0.1) is 16.0 Å². The number of amides is 1. The van der Waals surface area contributed by atoms with Crippen molar-refractivity contribution in [1.82, 2.24) is 8.87 Å². The van der Waals surface area contributed by atoms with E-state index in [0.717, 1.165) is 55.0 Å². The molecule has 11 heteroatoms. The van der Waals surface area contributed by atoms with E-state index >= 15 is 0 Å². The third kappa shape index (κ3) is 5.36. The molecule has 0 spiro atoms. The van der Waals surface area contributed by atoms with Gasteiger partial charge in [0.1, 0.15) is 6.54 Å². The molecule has 1 fully saturated rings. The van der Waals surface area contributed by atoms with Crippen LogP contribution in [0.15, 0.2) is 52.3 Å². The standard InChI is InChI=1S/C20H24N4O6S/c1-22(16-5-3-2-4-6-16)31(29,30)18-10-7-15(8-11-18)21-19(25)14-23-13-17(24(27)28)9-12-20(23)26/h7-13,16H,2-6,14H2,1H3,(H,21,25). The summed E-state index contributed by atoms with van der Waals surface area (Å²) >= 11 is 0. The summed E-state index contributed by atoms with van der Waals surface area (Å²) in [4.78, 5) is 34.4. The lowest BCUT2D eigenvalue weighted by molar-refractivity contribution is -0.385. The van der Waals surface area contributed by atoms with Crippen LogP contribution >= 0.6 is 0 Å². The second kappa shape index (κ2) is 9.40. The molecule has 0 saturated heterocycles. The molecular weight excluding hydrogens is 424 g/mol. The minimum atomic E-state index is -3.64. The third-order valence-electron chi connectivity index (χ3n) is 5.40. The number of rotatable bonds is 7. The van der Waals surface area contributed by atoms with Crippen LogP contribution < -0.4 is 10.9 Å². The van der Waals surface area contributed by atoms with Crippen LogP contribution in [0.2, 0.25) is 0 Å². The van der Waals surface area contributed by atoms with Crippen molar-refractivity contribution in [2.24, 2.45) is 0 Å². The Morgan fingerprint density at radius 2 is 1.81 bits per heavy atom. The number of carbonyl (C=O) groups is 1. The van der Waals surface area contributed by atoms with Crippen molar-refractivity contribution in [2.45, 2.75) is 49.6 Å². The minimum Gasteiger partial charge on any atom is -0.325 e. The van der Waals surface area contributed by atoms with Crippen molar-refractivity contribution >= 4 is 27.3 Å². The van der Waals surface area contributed by atoms with Gasteiger partial charge in [-0.15, -0.1) is 0 Å². The molecule has 1 N–H and O–H groups in total. The van der Waals surface area contributed by atoms with E-state index in [1.165, 1.54) is 28.6 Å². The zero-order valence-corrected chi connectivity index (χ0v) is 17.9. The zero-order chi connectivity index (χ0) is 22.6. The van der Waals surface area contributed by atoms with Crippen LogP contribution in [0, 0.1) is 10.1 Å². The number of anilines is 1. The molecule has 0 radical (unpaired) electrons. The van der Waals surface area contributed by atoms with E-state index in [9.17, 15) is 28.1 Å². The lowest BCUT2D eigenvalue weighted by atomic mass is 9.96. The Labute approximate surface area is 179 Å². The number of nitrogens with one attached hydrogen (secondary N) is 1. The summed E-state index contributed by atoms with van der Waals surface area (Å²) in [6, 6.07) is 7.86. The summed E-state index contributed by atoms with van der Waals surface area (Å²) in [6.45, 7) is -0.412. The predicted octanol–water partition coefficient (Wildman–Crippen LogP) is 2.35. The van der Waals surface area contributed by atoms with E-state index in [1.807, 2.05) is 0 Å². The Hall–Kier alpha value is -3.05. The predicted molar refractivity (Wildman–Crippen MR) is 114 cm³/mol. The first-order valence-corrected chi connectivity index (χ1v) is 11.4. The van der Waals surface area contributed by atoms with Crippen molar-refractivity contribution < 1.29 is 18.1 Å². The third-order valence-corrected chi connectivity index (χ3v) is 7.32. The second-order valence-electron chi connectivity index (χ2n) is 7.50. The van der Waals surface area contributed by atoms with Crippen molar-refractivity contribution in [3.63, 3.8) is 0 Å². The van der Waals surface area contributed by atoms with Crippen LogP contribution in [-0.2, 0) is 21.4 Å². The van der Waals surface area contributed by atoms with Crippen LogP contribution in [0.4, 0.5) is 11.4 Å². The molecule has 1 amide bonds. The Balaban J connectivity index is 1.67. The van der Waals surface area contributed by atoms with Crippen LogP contribution in [0.25, 0.3) is 0 Å². The summed E-state index contributed by atoms with van der Waals surface area (Å²) in [5.74, 6) is -0.572. The molecule has 166 valence electrons. The van der Waals surface area contributed by atoms with Gasteiger partial charge in [-0.25, -0.2) is 8.42 Å². The lowest BCUT2D eigenvalue weighted by Gasteiger charge is -2.30. The molecule has 1 aliphatic carbocycles. The Kier molecular flexibility index (Phi) is 6.86. The molecule has 0 bridgehead atoms. The number of nitrogens with zero attached hydrogens (tertiary/aromatic N) is 3. The smallest absolute Gasteiger partial charge is 0.285 e. The maximum atomic E-state index is 12.9. The van der Waals surface area contributed by atoms with E-state index in [0.29, 0.717) is 5.69 Å². The van der Waals surface area contributed by atoms with E-state index in [1.54, 1.807) is 7.05 Å². The highest BCUT2D eigenvalue weighted by Gasteiger charge is 2.28. The number of hydrogen-bond acceptors (Lipinski definition) is 6. The van der Waals surface area contributed by atoms with Gasteiger partial charge in [0.15, 0.2) is 0 Å². The first-order valence-electron chi connectivity index (χ1n) is 9.91. The molecule has 2 aromatic rings. The Morgan fingerprint density at radius 3 is 2.42 bits per heavy atom. The first-order chi connectivity index (χ1) is 14.7. The van der Waals surface area contributed by atoms with Gasteiger partial charge in [-0.1, -0.05) is 19.3 Å². The molecule has 1 aromatic heterocycles. The van der Waals surface area contributed by atoms with Gasteiger partial charge in [-0.05, 0) is 37.1 Å². The molecule has 1 aliphatic rings. The van der Waals surface area contributed by atoms with Crippen molar-refractivity contribution in [1.29, 1.82) is 0 Å². The average molecular weight is 449 g/mol. The SMILES string of the molecule is CN(C1CCCCC1)S(=O)(=O)c1ccc(NC(=O)Cn2cc([N+](=O)[O-])ccc2=O)cc1. The number of sulfonamides is 1.